The lowest BCUT2D eigenvalue weighted by Crippen LogP contribution is -2.37. The van der Waals surface area contributed by atoms with Crippen LogP contribution in [0, 0.1) is 41.5 Å². The van der Waals surface area contributed by atoms with E-state index < -0.39 is 5.41 Å². The summed E-state index contributed by atoms with van der Waals surface area (Å²) in [6, 6.07) is 89.6. The van der Waals surface area contributed by atoms with E-state index in [9.17, 15) is 0 Å². The van der Waals surface area contributed by atoms with Gasteiger partial charge in [0, 0.05) is 50.6 Å². The molecule has 3 aliphatic rings. The molecule has 3 nitrogen and oxygen atoms in total. The van der Waals surface area contributed by atoms with E-state index in [0.717, 1.165) is 39.8 Å². The first kappa shape index (κ1) is 51.0. The van der Waals surface area contributed by atoms with Crippen LogP contribution in [0.4, 0.5) is 51.2 Å². The Balaban J connectivity index is 0.971. The third-order valence-electron chi connectivity index (χ3n) is 19.4. The van der Waals surface area contributed by atoms with E-state index >= 15 is 0 Å². The molecule has 0 fully saturated rings. The number of fused-ring (bicyclic) bond motifs is 8. The fraction of sp³-hybridized carbons (Fsp3) is 0.165. The van der Waals surface area contributed by atoms with Crippen LogP contribution in [0.5, 0.6) is 0 Å². The van der Waals surface area contributed by atoms with Gasteiger partial charge in [-0.05, 0) is 227 Å². The minimum atomic E-state index is -0.731. The van der Waals surface area contributed by atoms with Crippen LogP contribution in [0.1, 0.15) is 106 Å². The van der Waals surface area contributed by atoms with E-state index in [1.54, 1.807) is 0 Å². The van der Waals surface area contributed by atoms with Crippen LogP contribution in [0.3, 0.4) is 0 Å². The van der Waals surface area contributed by atoms with Gasteiger partial charge in [0.05, 0.1) is 16.8 Å². The van der Waals surface area contributed by atoms with Gasteiger partial charge >= 0.3 is 0 Å². The maximum atomic E-state index is 2.49. The van der Waals surface area contributed by atoms with Gasteiger partial charge in [0.15, 0.2) is 0 Å². The molecule has 0 amide bonds. The fourth-order valence-electron chi connectivity index (χ4n) is 14.5. The summed E-state index contributed by atoms with van der Waals surface area (Å²) in [4.78, 5) is 7.45. The molecule has 0 unspecified atom stereocenters. The first-order valence-corrected chi connectivity index (χ1v) is 29.2. The maximum Gasteiger partial charge on any atom is 0.0742 e. The number of anilines is 9. The highest BCUT2D eigenvalue weighted by atomic mass is 15.2. The lowest BCUT2D eigenvalue weighted by molar-refractivity contribution is 0.660. The van der Waals surface area contributed by atoms with Crippen LogP contribution in [0.25, 0.3) is 22.3 Å². The topological polar surface area (TPSA) is 9.72 Å². The third kappa shape index (κ3) is 7.48. The van der Waals surface area contributed by atoms with E-state index in [4.69, 9.17) is 0 Å². The van der Waals surface area contributed by atoms with Crippen molar-refractivity contribution in [3.05, 3.63) is 314 Å². The fourth-order valence-corrected chi connectivity index (χ4v) is 14.5. The van der Waals surface area contributed by atoms with E-state index in [1.807, 2.05) is 0 Å². The molecule has 0 spiro atoms. The number of hydrogen-bond donors (Lipinski definition) is 0. The van der Waals surface area contributed by atoms with Crippen molar-refractivity contribution in [3.63, 3.8) is 0 Å². The van der Waals surface area contributed by atoms with E-state index in [-0.39, 0.29) is 10.8 Å². The zero-order valence-corrected chi connectivity index (χ0v) is 48.9. The lowest BCUT2D eigenvalue weighted by Gasteiger charge is -2.46. The zero-order valence-electron chi connectivity index (χ0n) is 48.9. The molecule has 0 atom stereocenters. The Kier molecular flexibility index (Phi) is 11.8. The molecule has 0 saturated carbocycles. The minimum Gasteiger partial charge on any atom is -0.310 e. The highest BCUT2D eigenvalue weighted by Crippen LogP contribution is 2.59. The van der Waals surface area contributed by atoms with Crippen molar-refractivity contribution in [2.24, 2.45) is 0 Å². The molecule has 11 aromatic carbocycles. The molecule has 0 radical (unpaired) electrons. The highest BCUT2D eigenvalue weighted by Gasteiger charge is 2.47. The second-order valence-corrected chi connectivity index (χ2v) is 24.3. The molecule has 11 aromatic rings. The third-order valence-corrected chi connectivity index (χ3v) is 19.4. The molecule has 1 aliphatic heterocycles. The zero-order chi connectivity index (χ0) is 56.4. The van der Waals surface area contributed by atoms with Crippen LogP contribution < -0.4 is 14.7 Å². The summed E-state index contributed by atoms with van der Waals surface area (Å²) in [5, 5.41) is 0. The van der Waals surface area contributed by atoms with Crippen molar-refractivity contribution >= 4 is 51.2 Å². The van der Waals surface area contributed by atoms with Gasteiger partial charge in [0.25, 0.3) is 0 Å². The van der Waals surface area contributed by atoms with Crippen LogP contribution in [-0.2, 0) is 16.2 Å². The Bertz CT molecular complexity index is 4090. The molecule has 0 bridgehead atoms. The molecule has 82 heavy (non-hydrogen) atoms. The Morgan fingerprint density at radius 3 is 1.07 bits per heavy atom. The number of rotatable bonds is 9. The van der Waals surface area contributed by atoms with Gasteiger partial charge in [-0.3, -0.25) is 0 Å². The van der Waals surface area contributed by atoms with E-state index in [0.29, 0.717) is 0 Å². The first-order valence-electron chi connectivity index (χ1n) is 29.2. The van der Waals surface area contributed by atoms with Crippen LogP contribution in [0.2, 0.25) is 0 Å². The number of nitrogens with zero attached hydrogens (tertiary/aromatic N) is 3. The molecule has 14 rings (SSSR count). The van der Waals surface area contributed by atoms with Gasteiger partial charge in [0.1, 0.15) is 0 Å². The summed E-state index contributed by atoms with van der Waals surface area (Å²) in [7, 11) is 0. The van der Waals surface area contributed by atoms with Crippen molar-refractivity contribution in [3.8, 4) is 22.3 Å². The number of benzene rings is 11. The van der Waals surface area contributed by atoms with E-state index in [1.165, 1.54) is 112 Å². The maximum absolute atomic E-state index is 2.49. The Labute approximate surface area is 485 Å². The van der Waals surface area contributed by atoms with Gasteiger partial charge < -0.3 is 14.7 Å². The molecule has 0 N–H and O–H groups in total. The molecule has 2 aliphatic carbocycles. The first-order chi connectivity index (χ1) is 39.7. The second kappa shape index (κ2) is 19.0. The van der Waals surface area contributed by atoms with Crippen molar-refractivity contribution < 1.29 is 0 Å². The van der Waals surface area contributed by atoms with Crippen molar-refractivity contribution in [1.29, 1.82) is 0 Å². The summed E-state index contributed by atoms with van der Waals surface area (Å²) in [5.74, 6) is 0. The molecular formula is C79H69N3. The smallest absolute Gasteiger partial charge is 0.0742 e. The van der Waals surface area contributed by atoms with E-state index in [2.05, 4.69) is 321 Å². The average molecular weight is 1060 g/mol. The van der Waals surface area contributed by atoms with Gasteiger partial charge in [-0.15, -0.1) is 0 Å². The van der Waals surface area contributed by atoms with Gasteiger partial charge in [0.2, 0.25) is 0 Å². The van der Waals surface area contributed by atoms with Gasteiger partial charge in [-0.2, -0.15) is 0 Å². The predicted octanol–water partition coefficient (Wildman–Crippen LogP) is 21.3. The Morgan fingerprint density at radius 2 is 0.646 bits per heavy atom. The molecule has 1 heterocycles. The molecule has 400 valence electrons. The molecule has 3 heteroatoms. The second-order valence-electron chi connectivity index (χ2n) is 24.3. The number of aryl methyl sites for hydroxylation is 2. The quantitative estimate of drug-likeness (QED) is 0.143. The van der Waals surface area contributed by atoms with Crippen LogP contribution in [-0.4, -0.2) is 0 Å². The Hall–Kier alpha value is -9.18. The van der Waals surface area contributed by atoms with Crippen molar-refractivity contribution in [1.82, 2.24) is 0 Å². The standard InChI is InChI=1S/C79H69N3/c1-50-32-46-73(54(5)52(50)3)80(61-42-44-65-63-24-14-16-26-67(63)77(7,8)71(65)48-61)59-38-34-56(35-39-59)79(69-28-18-20-30-75(69)82(58-22-12-11-13-23-58)76-31-21-19-29-70(76)79)57-36-40-60(41-37-57)81(74-47-33-51(2)53(4)55(74)6)62-43-45-66-64-25-15-17-27-68(64)78(9,10)72(66)49-62/h11-49H,1-10H3. The van der Waals surface area contributed by atoms with Crippen LogP contribution >= 0.6 is 0 Å². The number of para-hydroxylation sites is 3. The van der Waals surface area contributed by atoms with Crippen molar-refractivity contribution in [2.75, 3.05) is 14.7 Å². The SMILES string of the molecule is Cc1ccc(N(c2ccc(C3(c4ccc(N(c5ccc6c(c5)C(C)(C)c5ccccc5-6)c5ccc(C)c(C)c5C)cc4)c4ccccc4N(c4ccccc4)c4ccccc43)cc2)c2ccc3c(c2)C(C)(C)c2ccccc2-3)c(C)c1C. The highest BCUT2D eigenvalue weighted by molar-refractivity contribution is 5.92. The van der Waals surface area contributed by atoms with Crippen LogP contribution in [0.15, 0.2) is 237 Å². The monoisotopic (exact) mass is 1060 g/mol. The average Bonchev–Trinajstić information content (AvgIpc) is 1.17. The predicted molar refractivity (Wildman–Crippen MR) is 346 cm³/mol. The van der Waals surface area contributed by atoms with Gasteiger partial charge in [-0.1, -0.05) is 179 Å². The summed E-state index contributed by atoms with van der Waals surface area (Å²) in [6.45, 7) is 23.0. The lowest BCUT2D eigenvalue weighted by atomic mass is 9.62. The summed E-state index contributed by atoms with van der Waals surface area (Å²) < 4.78 is 0. The Morgan fingerprint density at radius 1 is 0.293 bits per heavy atom. The largest absolute Gasteiger partial charge is 0.310 e. The molecule has 0 aromatic heterocycles. The molecular weight excluding hydrogens is 991 g/mol. The normalized spacial score (nSPS) is 14.5. The number of hydrogen-bond acceptors (Lipinski definition) is 3. The van der Waals surface area contributed by atoms with Crippen molar-refractivity contribution in [2.45, 2.75) is 85.5 Å². The summed E-state index contributed by atoms with van der Waals surface area (Å²) in [5.41, 5.74) is 32.7. The minimum absolute atomic E-state index is 0.146. The summed E-state index contributed by atoms with van der Waals surface area (Å²) >= 11 is 0. The van der Waals surface area contributed by atoms with Gasteiger partial charge in [-0.25, -0.2) is 0 Å². The molecule has 0 saturated heterocycles. The summed E-state index contributed by atoms with van der Waals surface area (Å²) in [6.07, 6.45) is 0.